The van der Waals surface area contributed by atoms with Crippen molar-refractivity contribution in [2.45, 2.75) is 33.6 Å². The molecule has 0 bridgehead atoms. The van der Waals surface area contributed by atoms with Gasteiger partial charge in [-0.25, -0.2) is 14.4 Å². The van der Waals surface area contributed by atoms with Gasteiger partial charge in [0.1, 0.15) is 0 Å². The first-order valence-electron chi connectivity index (χ1n) is 9.34. The highest BCUT2D eigenvalue weighted by Crippen LogP contribution is 2.40. The molecule has 0 unspecified atom stereocenters. The van der Waals surface area contributed by atoms with Crippen LogP contribution in [0.15, 0.2) is 52.9 Å². The molecule has 0 spiro atoms. The second-order valence-corrected chi connectivity index (χ2v) is 6.38. The minimum absolute atomic E-state index is 0.181. The summed E-state index contributed by atoms with van der Waals surface area (Å²) in [6, 6.07) is 7.02. The van der Waals surface area contributed by atoms with Gasteiger partial charge in [0.05, 0.1) is 30.3 Å². The van der Waals surface area contributed by atoms with Crippen molar-refractivity contribution in [3.63, 3.8) is 0 Å². The van der Waals surface area contributed by atoms with E-state index < -0.39 is 23.8 Å². The van der Waals surface area contributed by atoms with Crippen molar-refractivity contribution < 1.29 is 29.0 Å². The van der Waals surface area contributed by atoms with Crippen molar-refractivity contribution in [2.75, 3.05) is 13.2 Å². The maximum Gasteiger partial charge on any atom is 0.336 e. The Morgan fingerprint density at radius 1 is 1.00 bits per heavy atom. The van der Waals surface area contributed by atoms with Crippen LogP contribution in [0.2, 0.25) is 0 Å². The van der Waals surface area contributed by atoms with E-state index in [4.69, 9.17) is 14.6 Å². The summed E-state index contributed by atoms with van der Waals surface area (Å²) >= 11 is 0. The predicted octanol–water partition coefficient (Wildman–Crippen LogP) is 3.15. The first kappa shape index (κ1) is 21.9. The van der Waals surface area contributed by atoms with Gasteiger partial charge >= 0.3 is 17.9 Å². The van der Waals surface area contributed by atoms with Gasteiger partial charge in [0, 0.05) is 17.5 Å². The van der Waals surface area contributed by atoms with Gasteiger partial charge in [-0.3, -0.25) is 0 Å². The third-order valence-corrected chi connectivity index (χ3v) is 4.46. The first-order valence-corrected chi connectivity index (χ1v) is 9.34. The van der Waals surface area contributed by atoms with Crippen molar-refractivity contribution in [3.05, 3.63) is 64.0 Å². The zero-order chi connectivity index (χ0) is 21.6. The average molecular weight is 399 g/mol. The number of esters is 2. The fraction of sp³-hybridized carbons (Fsp3) is 0.318. The molecule has 0 saturated carbocycles. The second kappa shape index (κ2) is 9.73. The molecule has 2 rings (SSSR count). The van der Waals surface area contributed by atoms with E-state index in [1.165, 1.54) is 6.08 Å². The molecule has 1 aliphatic rings. The van der Waals surface area contributed by atoms with Gasteiger partial charge in [0.2, 0.25) is 0 Å². The summed E-state index contributed by atoms with van der Waals surface area (Å²) in [5.74, 6) is -2.95. The van der Waals surface area contributed by atoms with Crippen LogP contribution in [0.3, 0.4) is 0 Å². The molecule has 0 aliphatic carbocycles. The van der Waals surface area contributed by atoms with Crippen molar-refractivity contribution in [3.8, 4) is 0 Å². The molecule has 7 nitrogen and oxygen atoms in total. The van der Waals surface area contributed by atoms with Crippen LogP contribution in [0, 0.1) is 0 Å². The summed E-state index contributed by atoms with van der Waals surface area (Å²) in [5.41, 5.74) is 2.89. The van der Waals surface area contributed by atoms with Crippen LogP contribution < -0.4 is 5.32 Å². The maximum absolute atomic E-state index is 12.8. The summed E-state index contributed by atoms with van der Waals surface area (Å²) in [4.78, 5) is 36.6. The minimum Gasteiger partial charge on any atom is -0.478 e. The number of carboxylic acid groups (broad SMARTS) is 1. The molecule has 1 aromatic carbocycles. The number of carbonyl (C=O) groups excluding carboxylic acids is 2. The van der Waals surface area contributed by atoms with Gasteiger partial charge in [-0.1, -0.05) is 24.3 Å². The molecule has 1 heterocycles. The lowest BCUT2D eigenvalue weighted by atomic mass is 9.78. The van der Waals surface area contributed by atoms with E-state index in [1.54, 1.807) is 52.0 Å². The quantitative estimate of drug-likeness (QED) is 0.536. The smallest absolute Gasteiger partial charge is 0.336 e. The fourth-order valence-electron chi connectivity index (χ4n) is 3.35. The Labute approximate surface area is 169 Å². The summed E-state index contributed by atoms with van der Waals surface area (Å²) < 4.78 is 10.5. The Kier molecular flexibility index (Phi) is 7.36. The zero-order valence-corrected chi connectivity index (χ0v) is 16.9. The normalized spacial score (nSPS) is 14.8. The summed E-state index contributed by atoms with van der Waals surface area (Å²) in [7, 11) is 0. The lowest BCUT2D eigenvalue weighted by Crippen LogP contribution is -2.32. The highest BCUT2D eigenvalue weighted by atomic mass is 16.5. The van der Waals surface area contributed by atoms with Gasteiger partial charge in [0.25, 0.3) is 0 Å². The third kappa shape index (κ3) is 4.93. The van der Waals surface area contributed by atoms with Crippen LogP contribution in [0.5, 0.6) is 0 Å². The number of ether oxygens (including phenoxy) is 2. The highest BCUT2D eigenvalue weighted by molar-refractivity contribution is 6.00. The Morgan fingerprint density at radius 3 is 2.00 bits per heavy atom. The number of carboxylic acids is 1. The fourth-order valence-corrected chi connectivity index (χ4v) is 3.35. The largest absolute Gasteiger partial charge is 0.478 e. The number of nitrogens with one attached hydrogen (secondary N) is 1. The van der Waals surface area contributed by atoms with Crippen molar-refractivity contribution in [2.24, 2.45) is 0 Å². The van der Waals surface area contributed by atoms with Gasteiger partial charge in [-0.2, -0.15) is 0 Å². The number of carbonyl (C=O) groups is 3. The average Bonchev–Trinajstić information content (AvgIpc) is 2.66. The maximum atomic E-state index is 12.8. The summed E-state index contributed by atoms with van der Waals surface area (Å²) in [6.45, 7) is 7.24. The van der Waals surface area contributed by atoms with Gasteiger partial charge < -0.3 is 19.9 Å². The number of benzene rings is 1. The lowest BCUT2D eigenvalue weighted by molar-refractivity contribution is -0.139. The molecule has 1 aromatic rings. The first-order chi connectivity index (χ1) is 13.8. The van der Waals surface area contributed by atoms with E-state index in [-0.39, 0.29) is 24.4 Å². The molecular weight excluding hydrogens is 374 g/mol. The lowest BCUT2D eigenvalue weighted by Gasteiger charge is -2.31. The second-order valence-electron chi connectivity index (χ2n) is 6.38. The topological polar surface area (TPSA) is 102 Å². The monoisotopic (exact) mass is 399 g/mol. The molecule has 154 valence electrons. The Balaban J connectivity index is 2.74. The standard InChI is InChI=1S/C22H25NO6/c1-5-28-21(26)18-13(3)23-14(4)19(22(27)29-6-2)20(18)16-10-8-7-9-15(16)11-12-17(24)25/h7-12,20,23H,5-6H2,1-4H3,(H,24,25). The van der Waals surface area contributed by atoms with E-state index in [0.29, 0.717) is 22.5 Å². The SMILES string of the molecule is CCOC(=O)C1=C(C)NC(C)=C(C(=O)OCC)C1c1ccccc1C=CC(=O)O. The molecule has 0 amide bonds. The van der Waals surface area contributed by atoms with Crippen LogP contribution in [0.25, 0.3) is 6.08 Å². The number of rotatable bonds is 7. The molecular formula is C22H25NO6. The van der Waals surface area contributed by atoms with Gasteiger partial charge in [-0.15, -0.1) is 0 Å². The molecule has 0 saturated heterocycles. The van der Waals surface area contributed by atoms with E-state index in [1.807, 2.05) is 0 Å². The third-order valence-electron chi connectivity index (χ3n) is 4.46. The van der Waals surface area contributed by atoms with Crippen LogP contribution in [-0.2, 0) is 23.9 Å². The highest BCUT2D eigenvalue weighted by Gasteiger charge is 2.38. The van der Waals surface area contributed by atoms with Crippen LogP contribution >= 0.6 is 0 Å². The Morgan fingerprint density at radius 2 is 1.52 bits per heavy atom. The van der Waals surface area contributed by atoms with Crippen molar-refractivity contribution in [1.82, 2.24) is 5.32 Å². The van der Waals surface area contributed by atoms with Crippen LogP contribution in [0.4, 0.5) is 0 Å². The number of aliphatic carboxylic acids is 1. The van der Waals surface area contributed by atoms with E-state index in [0.717, 1.165) is 6.08 Å². The van der Waals surface area contributed by atoms with Crippen molar-refractivity contribution in [1.29, 1.82) is 0 Å². The van der Waals surface area contributed by atoms with Gasteiger partial charge in [0.15, 0.2) is 0 Å². The number of hydrogen-bond donors (Lipinski definition) is 2. The van der Waals surface area contributed by atoms with Gasteiger partial charge in [-0.05, 0) is 44.9 Å². The minimum atomic E-state index is -1.10. The molecule has 29 heavy (non-hydrogen) atoms. The molecule has 0 radical (unpaired) electrons. The molecule has 2 N–H and O–H groups in total. The predicted molar refractivity (Wildman–Crippen MR) is 108 cm³/mol. The van der Waals surface area contributed by atoms with Crippen LogP contribution in [0.1, 0.15) is 44.7 Å². The van der Waals surface area contributed by atoms with E-state index in [9.17, 15) is 14.4 Å². The molecule has 0 fully saturated rings. The zero-order valence-electron chi connectivity index (χ0n) is 16.9. The van der Waals surface area contributed by atoms with E-state index in [2.05, 4.69) is 5.32 Å². The number of allylic oxidation sites excluding steroid dienone is 2. The molecule has 0 aromatic heterocycles. The molecule has 0 atom stereocenters. The Hall–Kier alpha value is -3.35. The summed E-state index contributed by atoms with van der Waals surface area (Å²) in [5, 5.41) is 12.1. The Bertz CT molecular complexity index is 870. The molecule has 1 aliphatic heterocycles. The van der Waals surface area contributed by atoms with Crippen molar-refractivity contribution >= 4 is 24.0 Å². The molecule has 7 heteroatoms. The van der Waals surface area contributed by atoms with Crippen LogP contribution in [-0.4, -0.2) is 36.2 Å². The summed E-state index contributed by atoms with van der Waals surface area (Å²) in [6.07, 6.45) is 2.46. The number of hydrogen-bond acceptors (Lipinski definition) is 6. The number of dihydropyridines is 1. The van der Waals surface area contributed by atoms with E-state index >= 15 is 0 Å².